The first-order valence-electron chi connectivity index (χ1n) is 8.99. The molecule has 0 bridgehead atoms. The van der Waals surface area contributed by atoms with Crippen LogP contribution in [-0.4, -0.2) is 12.1 Å². The molecule has 0 aromatic carbocycles. The lowest BCUT2D eigenvalue weighted by molar-refractivity contribution is 0.490. The van der Waals surface area contributed by atoms with Gasteiger partial charge >= 0.3 is 0 Å². The van der Waals surface area contributed by atoms with Crippen molar-refractivity contribution in [1.82, 2.24) is 0 Å². The van der Waals surface area contributed by atoms with Crippen molar-refractivity contribution in [3.63, 3.8) is 0 Å². The molecule has 0 amide bonds. The molecule has 0 saturated heterocycles. The average molecular weight is 293 g/mol. The van der Waals surface area contributed by atoms with E-state index in [1.54, 1.807) is 12.5 Å². The molecular weight excluding hydrogens is 256 g/mol. The van der Waals surface area contributed by atoms with Crippen molar-refractivity contribution in [2.75, 3.05) is 0 Å². The van der Waals surface area contributed by atoms with Crippen LogP contribution < -0.4 is 0 Å². The van der Waals surface area contributed by atoms with Crippen molar-refractivity contribution >= 4 is 12.1 Å². The lowest BCUT2D eigenvalue weighted by Gasteiger charge is -2.18. The summed E-state index contributed by atoms with van der Waals surface area (Å²) in [6.45, 7) is 10.4. The Labute approximate surface area is 132 Å². The van der Waals surface area contributed by atoms with Gasteiger partial charge in [-0.15, -0.1) is 0 Å². The number of nitrogens with zero attached hydrogens (tertiary/aromatic N) is 2. The Morgan fingerprint density at radius 2 is 1.48 bits per heavy atom. The maximum Gasteiger partial charge on any atom is 0.115 e. The van der Waals surface area contributed by atoms with Gasteiger partial charge in [-0.05, 0) is 25.2 Å². The van der Waals surface area contributed by atoms with Gasteiger partial charge in [0.2, 0.25) is 0 Å². The fourth-order valence-corrected chi connectivity index (χ4v) is 2.75. The summed E-state index contributed by atoms with van der Waals surface area (Å²) in [7, 11) is 0. The SMILES string of the molecule is C=CN=CN=C(CC)C(CCCCCC)CCCCCC. The van der Waals surface area contributed by atoms with Crippen LogP contribution in [0.15, 0.2) is 22.8 Å². The van der Waals surface area contributed by atoms with Gasteiger partial charge in [-0.1, -0.05) is 78.7 Å². The van der Waals surface area contributed by atoms with E-state index in [-0.39, 0.29) is 0 Å². The predicted molar refractivity (Wildman–Crippen MR) is 97.4 cm³/mol. The summed E-state index contributed by atoms with van der Waals surface area (Å²) in [6, 6.07) is 0. The van der Waals surface area contributed by atoms with Crippen molar-refractivity contribution in [3.05, 3.63) is 12.8 Å². The second-order valence-corrected chi connectivity index (χ2v) is 5.82. The third-order valence-electron chi connectivity index (χ3n) is 4.04. The molecule has 0 aliphatic rings. The van der Waals surface area contributed by atoms with Crippen LogP contribution in [0.1, 0.15) is 91.4 Å². The standard InChI is InChI=1S/C19H36N2/c1-5-9-11-13-15-18(16-14-12-10-6-2)19(7-3)21-17-20-8-4/h8,17-18H,4-7,9-16H2,1-3H3. The van der Waals surface area contributed by atoms with E-state index in [1.165, 1.54) is 69.9 Å². The van der Waals surface area contributed by atoms with E-state index in [2.05, 4.69) is 37.3 Å². The Bertz CT molecular complexity index is 280. The molecule has 0 atom stereocenters. The van der Waals surface area contributed by atoms with Crippen LogP contribution in [0.3, 0.4) is 0 Å². The number of unbranched alkanes of at least 4 members (excludes halogenated alkanes) is 6. The highest BCUT2D eigenvalue weighted by Crippen LogP contribution is 2.21. The zero-order valence-electron chi connectivity index (χ0n) is 14.6. The third kappa shape index (κ3) is 11.4. The van der Waals surface area contributed by atoms with Crippen molar-refractivity contribution in [2.45, 2.75) is 91.4 Å². The molecule has 21 heavy (non-hydrogen) atoms. The molecule has 0 aliphatic carbocycles. The van der Waals surface area contributed by atoms with E-state index >= 15 is 0 Å². The summed E-state index contributed by atoms with van der Waals surface area (Å²) in [5.41, 5.74) is 1.33. The minimum atomic E-state index is 0.653. The first-order valence-corrected chi connectivity index (χ1v) is 8.99. The van der Waals surface area contributed by atoms with Gasteiger partial charge in [0.1, 0.15) is 6.34 Å². The van der Waals surface area contributed by atoms with Crippen molar-refractivity contribution in [1.29, 1.82) is 0 Å². The highest BCUT2D eigenvalue weighted by atomic mass is 14.8. The largest absolute Gasteiger partial charge is 0.246 e. The normalized spacial score (nSPS) is 12.5. The molecule has 0 aromatic rings. The summed E-state index contributed by atoms with van der Waals surface area (Å²) in [6.07, 6.45) is 17.6. The quantitative estimate of drug-likeness (QED) is 0.196. The summed E-state index contributed by atoms with van der Waals surface area (Å²) in [4.78, 5) is 8.60. The molecule has 0 saturated carbocycles. The second kappa shape index (κ2) is 15.5. The fraction of sp³-hybridized carbons (Fsp3) is 0.789. The van der Waals surface area contributed by atoms with Crippen molar-refractivity contribution < 1.29 is 0 Å². The van der Waals surface area contributed by atoms with E-state index < -0.39 is 0 Å². The monoisotopic (exact) mass is 292 g/mol. The van der Waals surface area contributed by atoms with E-state index in [0.717, 1.165) is 6.42 Å². The molecule has 0 heterocycles. The van der Waals surface area contributed by atoms with Gasteiger partial charge < -0.3 is 0 Å². The maximum absolute atomic E-state index is 4.58. The Balaban J connectivity index is 4.45. The smallest absolute Gasteiger partial charge is 0.115 e. The van der Waals surface area contributed by atoms with Gasteiger partial charge in [0, 0.05) is 11.9 Å². The molecule has 122 valence electrons. The molecule has 0 aromatic heterocycles. The number of hydrogen-bond acceptors (Lipinski definition) is 1. The Morgan fingerprint density at radius 1 is 0.905 bits per heavy atom. The van der Waals surface area contributed by atoms with Crippen molar-refractivity contribution in [2.24, 2.45) is 15.9 Å². The molecule has 0 radical (unpaired) electrons. The highest BCUT2D eigenvalue weighted by Gasteiger charge is 2.13. The van der Waals surface area contributed by atoms with E-state index in [0.29, 0.717) is 5.92 Å². The zero-order valence-corrected chi connectivity index (χ0v) is 14.6. The Kier molecular flexibility index (Phi) is 14.8. The molecular formula is C19H36N2. The van der Waals surface area contributed by atoms with Gasteiger partial charge in [-0.25, -0.2) is 9.98 Å². The Hall–Kier alpha value is -0.920. The third-order valence-corrected chi connectivity index (χ3v) is 4.04. The molecule has 2 nitrogen and oxygen atoms in total. The van der Waals surface area contributed by atoms with Crippen LogP contribution in [0.25, 0.3) is 0 Å². The lowest BCUT2D eigenvalue weighted by Crippen LogP contribution is -2.14. The first kappa shape index (κ1) is 20.1. The Morgan fingerprint density at radius 3 is 1.90 bits per heavy atom. The van der Waals surface area contributed by atoms with E-state index in [1.807, 2.05) is 0 Å². The van der Waals surface area contributed by atoms with Gasteiger partial charge in [-0.2, -0.15) is 0 Å². The van der Waals surface area contributed by atoms with Crippen LogP contribution >= 0.6 is 0 Å². The molecule has 0 unspecified atom stereocenters. The molecule has 0 rings (SSSR count). The predicted octanol–water partition coefficient (Wildman–Crippen LogP) is 6.57. The number of rotatable bonds is 14. The minimum Gasteiger partial charge on any atom is -0.246 e. The molecule has 0 N–H and O–H groups in total. The van der Waals surface area contributed by atoms with Gasteiger partial charge in [0.25, 0.3) is 0 Å². The number of aliphatic imine (C=N–C) groups is 2. The average Bonchev–Trinajstić information content (AvgIpc) is 2.50. The molecule has 0 spiro atoms. The minimum absolute atomic E-state index is 0.653. The summed E-state index contributed by atoms with van der Waals surface area (Å²) < 4.78 is 0. The van der Waals surface area contributed by atoms with Crippen LogP contribution in [0.4, 0.5) is 0 Å². The molecule has 0 aliphatic heterocycles. The number of hydrogen-bond donors (Lipinski definition) is 0. The van der Waals surface area contributed by atoms with Crippen molar-refractivity contribution in [3.8, 4) is 0 Å². The highest BCUT2D eigenvalue weighted by molar-refractivity contribution is 5.92. The summed E-state index contributed by atoms with van der Waals surface area (Å²) in [5, 5.41) is 0. The van der Waals surface area contributed by atoms with Crippen LogP contribution in [-0.2, 0) is 0 Å². The van der Waals surface area contributed by atoms with Crippen LogP contribution in [0.5, 0.6) is 0 Å². The van der Waals surface area contributed by atoms with Gasteiger partial charge in [0.15, 0.2) is 0 Å². The van der Waals surface area contributed by atoms with E-state index in [9.17, 15) is 0 Å². The van der Waals surface area contributed by atoms with Gasteiger partial charge in [-0.3, -0.25) is 0 Å². The lowest BCUT2D eigenvalue weighted by atomic mass is 9.89. The maximum atomic E-state index is 4.58. The zero-order chi connectivity index (χ0) is 15.8. The van der Waals surface area contributed by atoms with Crippen LogP contribution in [0.2, 0.25) is 0 Å². The molecule has 0 fully saturated rings. The topological polar surface area (TPSA) is 24.7 Å². The first-order chi connectivity index (χ1) is 10.3. The summed E-state index contributed by atoms with van der Waals surface area (Å²) >= 11 is 0. The van der Waals surface area contributed by atoms with Gasteiger partial charge in [0.05, 0.1) is 0 Å². The van der Waals surface area contributed by atoms with Crippen LogP contribution in [0, 0.1) is 5.92 Å². The van der Waals surface area contributed by atoms with E-state index in [4.69, 9.17) is 0 Å². The fourth-order valence-electron chi connectivity index (χ4n) is 2.75. The second-order valence-electron chi connectivity index (χ2n) is 5.82. The summed E-state index contributed by atoms with van der Waals surface area (Å²) in [5.74, 6) is 0.653. The molecule has 2 heteroatoms.